The normalized spacial score (nSPS) is 12.3. The van der Waals surface area contributed by atoms with Crippen LogP contribution in [0.1, 0.15) is 34.6 Å². The van der Waals surface area contributed by atoms with Crippen LogP contribution in [-0.4, -0.2) is 15.3 Å². The maximum absolute atomic E-state index is 12.9. The number of carbonyl (C=O) groups excluding carboxylic acids is 1. The Morgan fingerprint density at radius 1 is 1.27 bits per heavy atom. The summed E-state index contributed by atoms with van der Waals surface area (Å²) >= 11 is 0. The Kier molecular flexibility index (Phi) is 3.63. The van der Waals surface area contributed by atoms with Crippen molar-refractivity contribution in [2.24, 2.45) is 0 Å². The summed E-state index contributed by atoms with van der Waals surface area (Å²) in [5.74, 6) is -0.545. The first-order valence-electron chi connectivity index (χ1n) is 7.04. The monoisotopic (exact) mass is 297 g/mol. The van der Waals surface area contributed by atoms with Crippen LogP contribution in [0.5, 0.6) is 0 Å². The van der Waals surface area contributed by atoms with Gasteiger partial charge in [-0.25, -0.2) is 9.37 Å². The van der Waals surface area contributed by atoms with Crippen LogP contribution in [-0.2, 0) is 0 Å². The van der Waals surface area contributed by atoms with Crippen LogP contribution in [0.4, 0.5) is 4.39 Å². The van der Waals surface area contributed by atoms with Gasteiger partial charge in [-0.2, -0.15) is 0 Å². The first kappa shape index (κ1) is 14.3. The summed E-state index contributed by atoms with van der Waals surface area (Å²) in [6.45, 7) is 3.83. The van der Waals surface area contributed by atoms with E-state index in [0.717, 1.165) is 16.8 Å². The Morgan fingerprint density at radius 2 is 2.00 bits per heavy atom. The van der Waals surface area contributed by atoms with Crippen LogP contribution in [0.25, 0.3) is 5.65 Å². The summed E-state index contributed by atoms with van der Waals surface area (Å²) in [6.07, 6.45) is 3.57. The molecule has 4 nitrogen and oxygen atoms in total. The maximum Gasteiger partial charge on any atom is 0.271 e. The average molecular weight is 297 g/mol. The number of hydrogen-bond donors (Lipinski definition) is 1. The van der Waals surface area contributed by atoms with E-state index in [9.17, 15) is 9.18 Å². The smallest absolute Gasteiger partial charge is 0.271 e. The molecule has 0 saturated heterocycles. The van der Waals surface area contributed by atoms with Crippen molar-refractivity contribution in [2.75, 3.05) is 0 Å². The Labute approximate surface area is 127 Å². The maximum atomic E-state index is 12.9. The number of amides is 1. The molecule has 0 unspecified atom stereocenters. The summed E-state index contributed by atoms with van der Waals surface area (Å²) < 4.78 is 14.7. The molecule has 0 aliphatic heterocycles. The van der Waals surface area contributed by atoms with Crippen molar-refractivity contribution >= 4 is 11.6 Å². The standard InChI is InChI=1S/C17H16FN3O/c1-11-7-8-21-10-15(20-16(21)9-11)17(22)19-12(2)13-3-5-14(18)6-4-13/h3-10,12H,1-2H3,(H,19,22)/t12-/m1/s1. The molecule has 1 amide bonds. The van der Waals surface area contributed by atoms with Gasteiger partial charge in [-0.3, -0.25) is 4.79 Å². The van der Waals surface area contributed by atoms with Crippen molar-refractivity contribution in [3.05, 3.63) is 71.4 Å². The van der Waals surface area contributed by atoms with Gasteiger partial charge in [-0.15, -0.1) is 0 Å². The molecular weight excluding hydrogens is 281 g/mol. The molecule has 22 heavy (non-hydrogen) atoms. The number of aromatic nitrogens is 2. The molecule has 1 N–H and O–H groups in total. The van der Waals surface area contributed by atoms with E-state index in [1.807, 2.05) is 36.6 Å². The van der Waals surface area contributed by atoms with Gasteiger partial charge >= 0.3 is 0 Å². The quantitative estimate of drug-likeness (QED) is 0.806. The summed E-state index contributed by atoms with van der Waals surface area (Å²) in [5, 5.41) is 2.87. The van der Waals surface area contributed by atoms with E-state index in [1.54, 1.807) is 18.3 Å². The molecule has 0 radical (unpaired) electrons. The van der Waals surface area contributed by atoms with Gasteiger partial charge in [0.15, 0.2) is 0 Å². The van der Waals surface area contributed by atoms with Crippen LogP contribution in [0, 0.1) is 12.7 Å². The number of carbonyl (C=O) groups is 1. The highest BCUT2D eigenvalue weighted by atomic mass is 19.1. The molecule has 0 bridgehead atoms. The Balaban J connectivity index is 1.79. The fourth-order valence-corrected chi connectivity index (χ4v) is 2.30. The van der Waals surface area contributed by atoms with Crippen LogP contribution >= 0.6 is 0 Å². The molecule has 1 aromatic carbocycles. The van der Waals surface area contributed by atoms with Gasteiger partial charge < -0.3 is 9.72 Å². The lowest BCUT2D eigenvalue weighted by Crippen LogP contribution is -2.26. The van der Waals surface area contributed by atoms with E-state index in [1.165, 1.54) is 12.1 Å². The highest BCUT2D eigenvalue weighted by Crippen LogP contribution is 2.14. The van der Waals surface area contributed by atoms with Crippen molar-refractivity contribution in [3.8, 4) is 0 Å². The molecule has 2 aromatic heterocycles. The molecule has 0 spiro atoms. The summed E-state index contributed by atoms with van der Waals surface area (Å²) in [7, 11) is 0. The van der Waals surface area contributed by atoms with Crippen LogP contribution in [0.15, 0.2) is 48.8 Å². The minimum Gasteiger partial charge on any atom is -0.344 e. The predicted molar refractivity (Wildman–Crippen MR) is 82.2 cm³/mol. The molecule has 0 aliphatic carbocycles. The molecule has 0 fully saturated rings. The zero-order chi connectivity index (χ0) is 15.7. The molecule has 3 aromatic rings. The van der Waals surface area contributed by atoms with Crippen molar-refractivity contribution in [3.63, 3.8) is 0 Å². The third-order valence-corrected chi connectivity index (χ3v) is 3.57. The molecule has 0 saturated carbocycles. The highest BCUT2D eigenvalue weighted by Gasteiger charge is 2.14. The largest absolute Gasteiger partial charge is 0.344 e. The number of nitrogens with zero attached hydrogens (tertiary/aromatic N) is 2. The van der Waals surface area contributed by atoms with E-state index < -0.39 is 0 Å². The molecule has 0 aliphatic rings. The van der Waals surface area contributed by atoms with Crippen molar-refractivity contribution < 1.29 is 9.18 Å². The van der Waals surface area contributed by atoms with Gasteiger partial charge in [0.1, 0.15) is 17.2 Å². The van der Waals surface area contributed by atoms with E-state index in [-0.39, 0.29) is 17.8 Å². The van der Waals surface area contributed by atoms with E-state index in [2.05, 4.69) is 10.3 Å². The lowest BCUT2D eigenvalue weighted by molar-refractivity contribution is 0.0935. The van der Waals surface area contributed by atoms with Gasteiger partial charge in [-0.05, 0) is 49.2 Å². The molecule has 1 atom stereocenters. The Morgan fingerprint density at radius 3 is 2.73 bits per heavy atom. The van der Waals surface area contributed by atoms with Gasteiger partial charge in [0.25, 0.3) is 5.91 Å². The third kappa shape index (κ3) is 2.83. The van der Waals surface area contributed by atoms with Gasteiger partial charge in [0.05, 0.1) is 6.04 Å². The second kappa shape index (κ2) is 5.60. The van der Waals surface area contributed by atoms with E-state index in [4.69, 9.17) is 0 Å². The molecule has 112 valence electrons. The first-order valence-corrected chi connectivity index (χ1v) is 7.04. The number of pyridine rings is 1. The molecular formula is C17H16FN3O. The molecule has 3 rings (SSSR count). The summed E-state index contributed by atoms with van der Waals surface area (Å²) in [4.78, 5) is 16.6. The van der Waals surface area contributed by atoms with Crippen molar-refractivity contribution in [1.82, 2.24) is 14.7 Å². The van der Waals surface area contributed by atoms with Crippen LogP contribution in [0.3, 0.4) is 0 Å². The number of imidazole rings is 1. The van der Waals surface area contributed by atoms with Gasteiger partial charge in [-0.1, -0.05) is 12.1 Å². The number of aryl methyl sites for hydroxylation is 1. The Hall–Kier alpha value is -2.69. The second-order valence-corrected chi connectivity index (χ2v) is 5.34. The fourth-order valence-electron chi connectivity index (χ4n) is 2.30. The van der Waals surface area contributed by atoms with Gasteiger partial charge in [0.2, 0.25) is 0 Å². The summed E-state index contributed by atoms with van der Waals surface area (Å²) in [5.41, 5.74) is 3.03. The van der Waals surface area contributed by atoms with Crippen molar-refractivity contribution in [1.29, 1.82) is 0 Å². The van der Waals surface area contributed by atoms with Crippen LogP contribution in [0.2, 0.25) is 0 Å². The second-order valence-electron chi connectivity index (χ2n) is 5.34. The topological polar surface area (TPSA) is 46.4 Å². The number of rotatable bonds is 3. The average Bonchev–Trinajstić information content (AvgIpc) is 2.91. The predicted octanol–water partition coefficient (Wildman–Crippen LogP) is 3.27. The zero-order valence-electron chi connectivity index (χ0n) is 12.4. The third-order valence-electron chi connectivity index (χ3n) is 3.57. The number of halogens is 1. The van der Waals surface area contributed by atoms with E-state index in [0.29, 0.717) is 5.69 Å². The lowest BCUT2D eigenvalue weighted by Gasteiger charge is -2.13. The lowest BCUT2D eigenvalue weighted by atomic mass is 10.1. The SMILES string of the molecule is Cc1ccn2cc(C(=O)N[C@H](C)c3ccc(F)cc3)nc2c1. The highest BCUT2D eigenvalue weighted by molar-refractivity contribution is 5.93. The molecule has 5 heteroatoms. The number of benzene rings is 1. The molecule has 2 heterocycles. The summed E-state index contributed by atoms with van der Waals surface area (Å²) in [6, 6.07) is 9.73. The number of fused-ring (bicyclic) bond motifs is 1. The van der Waals surface area contributed by atoms with Gasteiger partial charge in [0, 0.05) is 12.4 Å². The first-order chi connectivity index (χ1) is 10.5. The van der Waals surface area contributed by atoms with Crippen molar-refractivity contribution in [2.45, 2.75) is 19.9 Å². The fraction of sp³-hybridized carbons (Fsp3) is 0.176. The minimum atomic E-state index is -0.294. The Bertz CT molecular complexity index is 824. The number of nitrogens with one attached hydrogen (secondary N) is 1. The van der Waals surface area contributed by atoms with E-state index >= 15 is 0 Å². The van der Waals surface area contributed by atoms with Crippen LogP contribution < -0.4 is 5.32 Å². The minimum absolute atomic E-state index is 0.223. The zero-order valence-corrected chi connectivity index (χ0v) is 12.4. The number of hydrogen-bond acceptors (Lipinski definition) is 2.